The van der Waals surface area contributed by atoms with Crippen molar-refractivity contribution in [3.05, 3.63) is 106 Å². The first-order valence-electron chi connectivity index (χ1n) is 8.74. The normalized spacial score (nSPS) is 14.7. The molecule has 1 heterocycles. The number of halogens is 1. The lowest BCUT2D eigenvalue weighted by molar-refractivity contribution is -0.136. The van der Waals surface area contributed by atoms with Crippen molar-refractivity contribution in [2.45, 2.75) is 6.61 Å². The number of carbonyl (C=O) groups excluding carboxylic acids is 1. The minimum absolute atomic E-state index is 0.408. The summed E-state index contributed by atoms with van der Waals surface area (Å²) in [5, 5.41) is 3.95. The Morgan fingerprint density at radius 2 is 1.64 bits per heavy atom. The van der Waals surface area contributed by atoms with Crippen LogP contribution >= 0.6 is 15.9 Å². The van der Waals surface area contributed by atoms with Gasteiger partial charge >= 0.3 is 5.97 Å². The Kier molecular flexibility index (Phi) is 5.35. The first-order valence-corrected chi connectivity index (χ1v) is 9.53. The van der Waals surface area contributed by atoms with Crippen molar-refractivity contribution in [1.82, 2.24) is 0 Å². The second-order valence-corrected chi connectivity index (χ2v) is 7.11. The molecule has 0 bridgehead atoms. The summed E-state index contributed by atoms with van der Waals surface area (Å²) in [5.41, 5.74) is 3.60. The predicted molar refractivity (Wildman–Crippen MR) is 112 cm³/mol. The average Bonchev–Trinajstić information content (AvgIpc) is 3.09. The van der Waals surface area contributed by atoms with E-state index in [-0.39, 0.29) is 0 Å². The molecule has 0 aliphatic carbocycles. The third-order valence-electron chi connectivity index (χ3n) is 4.27. The van der Waals surface area contributed by atoms with Crippen molar-refractivity contribution >= 4 is 33.7 Å². The van der Waals surface area contributed by atoms with Gasteiger partial charge in [0.2, 0.25) is 0 Å². The third kappa shape index (κ3) is 4.05. The van der Waals surface area contributed by atoms with E-state index in [0.29, 0.717) is 23.6 Å². The van der Waals surface area contributed by atoms with Crippen LogP contribution in [0.15, 0.2) is 94.1 Å². The van der Waals surface area contributed by atoms with E-state index in [0.717, 1.165) is 21.2 Å². The quantitative estimate of drug-likeness (QED) is 0.401. The molecule has 1 aliphatic rings. The molecule has 0 radical (unpaired) electrons. The lowest BCUT2D eigenvalue weighted by atomic mass is 10.0. The molecule has 3 aromatic rings. The summed E-state index contributed by atoms with van der Waals surface area (Å²) in [7, 11) is 0. The van der Waals surface area contributed by atoms with Gasteiger partial charge in [0.1, 0.15) is 18.1 Å². The molecule has 0 atom stereocenters. The first kappa shape index (κ1) is 18.2. The smallest absolute Gasteiger partial charge is 0.368 e. The molecule has 4 rings (SSSR count). The predicted octanol–water partition coefficient (Wildman–Crippen LogP) is 5.37. The van der Waals surface area contributed by atoms with Crippen molar-refractivity contribution in [3.8, 4) is 5.75 Å². The van der Waals surface area contributed by atoms with Crippen molar-refractivity contribution in [2.75, 3.05) is 0 Å². The number of oxime groups is 1. The molecule has 0 fully saturated rings. The number of rotatable bonds is 5. The molecule has 0 saturated heterocycles. The van der Waals surface area contributed by atoms with Gasteiger partial charge in [-0.25, -0.2) is 4.79 Å². The second-order valence-electron chi connectivity index (χ2n) is 6.20. The summed E-state index contributed by atoms with van der Waals surface area (Å²) in [6, 6.07) is 25.0. The summed E-state index contributed by atoms with van der Waals surface area (Å²) < 4.78 is 7.02. The molecule has 5 heteroatoms. The van der Waals surface area contributed by atoms with Crippen LogP contribution in [0.1, 0.15) is 16.7 Å². The molecular formula is C23H16BrNO3. The van der Waals surface area contributed by atoms with Crippen LogP contribution in [0.2, 0.25) is 0 Å². The molecule has 0 spiro atoms. The summed E-state index contributed by atoms with van der Waals surface area (Å²) >= 11 is 3.43. The van der Waals surface area contributed by atoms with Crippen LogP contribution in [0.5, 0.6) is 5.75 Å². The van der Waals surface area contributed by atoms with E-state index in [1.54, 1.807) is 6.08 Å². The Bertz CT molecular complexity index is 1060. The Labute approximate surface area is 171 Å². The summed E-state index contributed by atoms with van der Waals surface area (Å²) in [6.07, 6.45) is 1.76. The Hall–Kier alpha value is -3.18. The second kappa shape index (κ2) is 8.23. The third-order valence-corrected chi connectivity index (χ3v) is 4.80. The van der Waals surface area contributed by atoms with Crippen LogP contribution in [-0.4, -0.2) is 11.7 Å². The van der Waals surface area contributed by atoms with Gasteiger partial charge in [0.25, 0.3) is 0 Å². The van der Waals surface area contributed by atoms with E-state index in [1.807, 2.05) is 78.9 Å². The van der Waals surface area contributed by atoms with Crippen LogP contribution in [0.4, 0.5) is 0 Å². The lowest BCUT2D eigenvalue weighted by Crippen LogP contribution is -2.07. The van der Waals surface area contributed by atoms with Crippen LogP contribution < -0.4 is 4.74 Å². The van der Waals surface area contributed by atoms with Gasteiger partial charge in [0.05, 0.1) is 5.57 Å². The molecule has 0 amide bonds. The molecule has 0 saturated carbocycles. The highest BCUT2D eigenvalue weighted by molar-refractivity contribution is 9.10. The number of para-hydroxylation sites is 1. The minimum Gasteiger partial charge on any atom is -0.488 e. The molecule has 0 N–H and O–H groups in total. The minimum atomic E-state index is -0.471. The SMILES string of the molecule is O=C1ON=C(c2ccccc2)/C1=C/c1ccccc1OCc1ccc(Br)cc1. The molecule has 4 nitrogen and oxygen atoms in total. The van der Waals surface area contributed by atoms with Crippen molar-refractivity contribution in [3.63, 3.8) is 0 Å². The van der Waals surface area contributed by atoms with Crippen LogP contribution in [-0.2, 0) is 16.2 Å². The fourth-order valence-electron chi connectivity index (χ4n) is 2.84. The van der Waals surface area contributed by atoms with E-state index in [2.05, 4.69) is 21.1 Å². The number of nitrogens with zero attached hydrogens (tertiary/aromatic N) is 1. The number of hydrogen-bond donors (Lipinski definition) is 0. The zero-order chi connectivity index (χ0) is 19.3. The molecule has 138 valence electrons. The number of ether oxygens (including phenoxy) is 1. The molecule has 3 aromatic carbocycles. The average molecular weight is 434 g/mol. The van der Waals surface area contributed by atoms with Gasteiger partial charge in [-0.2, -0.15) is 0 Å². The Morgan fingerprint density at radius 3 is 2.43 bits per heavy atom. The van der Waals surface area contributed by atoms with Crippen LogP contribution in [0.3, 0.4) is 0 Å². The molecular weight excluding hydrogens is 418 g/mol. The van der Waals surface area contributed by atoms with E-state index in [4.69, 9.17) is 9.57 Å². The fraction of sp³-hybridized carbons (Fsp3) is 0.0435. The number of carbonyl (C=O) groups is 1. The highest BCUT2D eigenvalue weighted by Gasteiger charge is 2.27. The Balaban J connectivity index is 1.61. The fourth-order valence-corrected chi connectivity index (χ4v) is 3.11. The van der Waals surface area contributed by atoms with Gasteiger partial charge < -0.3 is 9.57 Å². The number of benzene rings is 3. The standard InChI is InChI=1S/C23H16BrNO3/c24-19-12-10-16(11-13-19)15-27-21-9-5-4-8-18(21)14-20-22(25-28-23(20)26)17-6-2-1-3-7-17/h1-14H,15H2/b20-14-. The van der Waals surface area contributed by atoms with Crippen LogP contribution in [0.25, 0.3) is 6.08 Å². The van der Waals surface area contributed by atoms with Crippen molar-refractivity contribution < 1.29 is 14.4 Å². The lowest BCUT2D eigenvalue weighted by Gasteiger charge is -2.10. The van der Waals surface area contributed by atoms with Crippen LogP contribution in [0, 0.1) is 0 Å². The molecule has 0 aromatic heterocycles. The number of hydrogen-bond acceptors (Lipinski definition) is 4. The first-order chi connectivity index (χ1) is 13.7. The molecule has 0 unspecified atom stereocenters. The maximum atomic E-state index is 12.2. The van der Waals surface area contributed by atoms with Gasteiger partial charge in [-0.15, -0.1) is 0 Å². The van der Waals surface area contributed by atoms with Gasteiger partial charge in [-0.05, 0) is 29.8 Å². The zero-order valence-electron chi connectivity index (χ0n) is 14.8. The molecule has 1 aliphatic heterocycles. The zero-order valence-corrected chi connectivity index (χ0v) is 16.4. The monoisotopic (exact) mass is 433 g/mol. The summed E-state index contributed by atoms with van der Waals surface area (Å²) in [4.78, 5) is 17.2. The molecule has 28 heavy (non-hydrogen) atoms. The van der Waals surface area contributed by atoms with Gasteiger partial charge in [0.15, 0.2) is 0 Å². The van der Waals surface area contributed by atoms with Gasteiger partial charge in [0, 0.05) is 15.6 Å². The Morgan fingerprint density at radius 1 is 0.929 bits per heavy atom. The highest BCUT2D eigenvalue weighted by atomic mass is 79.9. The van der Waals surface area contributed by atoms with Crippen molar-refractivity contribution in [2.24, 2.45) is 5.16 Å². The van der Waals surface area contributed by atoms with E-state index >= 15 is 0 Å². The largest absolute Gasteiger partial charge is 0.488 e. The van der Waals surface area contributed by atoms with Gasteiger partial charge in [-0.3, -0.25) is 0 Å². The maximum Gasteiger partial charge on any atom is 0.368 e. The topological polar surface area (TPSA) is 47.9 Å². The van der Waals surface area contributed by atoms with Crippen molar-refractivity contribution in [1.29, 1.82) is 0 Å². The van der Waals surface area contributed by atoms with E-state index < -0.39 is 5.97 Å². The van der Waals surface area contributed by atoms with Gasteiger partial charge in [-0.1, -0.05) is 81.7 Å². The summed E-state index contributed by atoms with van der Waals surface area (Å²) in [5.74, 6) is 0.214. The van der Waals surface area contributed by atoms with E-state index in [9.17, 15) is 4.79 Å². The maximum absolute atomic E-state index is 12.2. The van der Waals surface area contributed by atoms with E-state index in [1.165, 1.54) is 0 Å². The summed E-state index contributed by atoms with van der Waals surface area (Å²) in [6.45, 7) is 0.428. The highest BCUT2D eigenvalue weighted by Crippen LogP contribution is 2.26.